The number of thiazole rings is 1. The van der Waals surface area contributed by atoms with E-state index in [1.807, 2.05) is 23.3 Å². The van der Waals surface area contributed by atoms with Crippen LogP contribution in [0.2, 0.25) is 0 Å². The first kappa shape index (κ1) is 23.4. The SMILES string of the molecule is CSc1ccc(CC(=O)N2CCC(c3nc(C(=O)NCc4ccc(F)cc4)cs3)CC2)cc1. The Morgan fingerprint density at radius 2 is 1.76 bits per heavy atom. The van der Waals surface area contributed by atoms with Crippen LogP contribution in [0.5, 0.6) is 0 Å². The zero-order chi connectivity index (χ0) is 23.2. The van der Waals surface area contributed by atoms with Gasteiger partial charge in [0.1, 0.15) is 11.5 Å². The molecule has 172 valence electrons. The average molecular weight is 484 g/mol. The van der Waals surface area contributed by atoms with E-state index in [0.717, 1.165) is 29.0 Å². The highest BCUT2D eigenvalue weighted by Crippen LogP contribution is 2.30. The van der Waals surface area contributed by atoms with Crippen molar-refractivity contribution in [2.75, 3.05) is 19.3 Å². The van der Waals surface area contributed by atoms with Crippen molar-refractivity contribution in [1.29, 1.82) is 0 Å². The predicted octanol–water partition coefficient (Wildman–Crippen LogP) is 4.88. The van der Waals surface area contributed by atoms with Gasteiger partial charge in [-0.2, -0.15) is 0 Å². The Morgan fingerprint density at radius 3 is 2.42 bits per heavy atom. The molecule has 2 aromatic carbocycles. The van der Waals surface area contributed by atoms with Crippen molar-refractivity contribution in [3.8, 4) is 0 Å². The Balaban J connectivity index is 1.26. The lowest BCUT2D eigenvalue weighted by Crippen LogP contribution is -2.38. The van der Waals surface area contributed by atoms with Crippen molar-refractivity contribution < 1.29 is 14.0 Å². The molecular formula is C25H26FN3O2S2. The van der Waals surface area contributed by atoms with E-state index in [0.29, 0.717) is 31.7 Å². The van der Waals surface area contributed by atoms with Gasteiger partial charge in [-0.05, 0) is 54.5 Å². The number of nitrogens with one attached hydrogen (secondary N) is 1. The van der Waals surface area contributed by atoms with Crippen LogP contribution >= 0.6 is 23.1 Å². The van der Waals surface area contributed by atoms with E-state index in [9.17, 15) is 14.0 Å². The van der Waals surface area contributed by atoms with Gasteiger partial charge in [0.15, 0.2) is 0 Å². The fraction of sp³-hybridized carbons (Fsp3) is 0.320. The molecule has 33 heavy (non-hydrogen) atoms. The summed E-state index contributed by atoms with van der Waals surface area (Å²) in [7, 11) is 0. The van der Waals surface area contributed by atoms with Gasteiger partial charge in [0, 0.05) is 35.8 Å². The number of rotatable bonds is 7. The van der Waals surface area contributed by atoms with Crippen LogP contribution in [0.15, 0.2) is 58.8 Å². The zero-order valence-corrected chi connectivity index (χ0v) is 20.1. The summed E-state index contributed by atoms with van der Waals surface area (Å²) in [6.07, 6.45) is 4.16. The number of thioether (sulfide) groups is 1. The molecule has 0 aliphatic carbocycles. The molecule has 0 atom stereocenters. The summed E-state index contributed by atoms with van der Waals surface area (Å²) >= 11 is 3.19. The number of carbonyl (C=O) groups excluding carboxylic acids is 2. The molecule has 5 nitrogen and oxygen atoms in total. The van der Waals surface area contributed by atoms with Crippen LogP contribution in [0, 0.1) is 5.82 Å². The summed E-state index contributed by atoms with van der Waals surface area (Å²) in [5, 5.41) is 5.56. The Hall–Kier alpha value is -2.71. The first-order valence-electron chi connectivity index (χ1n) is 10.9. The quantitative estimate of drug-likeness (QED) is 0.487. The van der Waals surface area contributed by atoms with Crippen molar-refractivity contribution in [3.05, 3.63) is 81.6 Å². The molecule has 2 heterocycles. The maximum absolute atomic E-state index is 13.0. The van der Waals surface area contributed by atoms with E-state index < -0.39 is 0 Å². The molecule has 0 spiro atoms. The number of halogens is 1. The van der Waals surface area contributed by atoms with Crippen molar-refractivity contribution in [1.82, 2.24) is 15.2 Å². The van der Waals surface area contributed by atoms with Crippen molar-refractivity contribution in [2.45, 2.75) is 36.6 Å². The van der Waals surface area contributed by atoms with Crippen LogP contribution in [0.4, 0.5) is 4.39 Å². The zero-order valence-electron chi connectivity index (χ0n) is 18.4. The van der Waals surface area contributed by atoms with E-state index in [4.69, 9.17) is 0 Å². The number of amides is 2. The van der Waals surface area contributed by atoms with Crippen molar-refractivity contribution in [3.63, 3.8) is 0 Å². The largest absolute Gasteiger partial charge is 0.347 e. The molecular weight excluding hydrogens is 457 g/mol. The topological polar surface area (TPSA) is 62.3 Å². The standard InChI is InChI=1S/C25H26FN3O2S2/c1-32-21-8-4-17(5-9-21)14-23(30)29-12-10-19(11-13-29)25-28-22(16-33-25)24(31)27-15-18-2-6-20(26)7-3-18/h2-9,16,19H,10-15H2,1H3,(H,27,31). The average Bonchev–Trinajstić information content (AvgIpc) is 3.34. The molecule has 1 aliphatic heterocycles. The highest BCUT2D eigenvalue weighted by Gasteiger charge is 2.26. The van der Waals surface area contributed by atoms with E-state index in [1.54, 1.807) is 29.3 Å². The second-order valence-corrected chi connectivity index (χ2v) is 9.83. The Labute approximate surface area is 201 Å². The monoisotopic (exact) mass is 483 g/mol. The molecule has 1 fully saturated rings. The third-order valence-electron chi connectivity index (χ3n) is 5.83. The van der Waals surface area contributed by atoms with Gasteiger partial charge < -0.3 is 10.2 Å². The summed E-state index contributed by atoms with van der Waals surface area (Å²) in [5.74, 6) is -0.113. The number of hydrogen-bond acceptors (Lipinski definition) is 5. The summed E-state index contributed by atoms with van der Waals surface area (Å²) < 4.78 is 13.0. The fourth-order valence-electron chi connectivity index (χ4n) is 3.86. The lowest BCUT2D eigenvalue weighted by molar-refractivity contribution is -0.131. The van der Waals surface area contributed by atoms with E-state index in [-0.39, 0.29) is 23.5 Å². The molecule has 1 aliphatic rings. The Bertz CT molecular complexity index is 1090. The number of hydrogen-bond donors (Lipinski definition) is 1. The molecule has 0 bridgehead atoms. The lowest BCUT2D eigenvalue weighted by atomic mass is 9.97. The van der Waals surface area contributed by atoms with Crippen LogP contribution in [0.1, 0.15) is 45.4 Å². The number of nitrogens with zero attached hydrogens (tertiary/aromatic N) is 2. The molecule has 0 unspecified atom stereocenters. The highest BCUT2D eigenvalue weighted by atomic mass is 32.2. The minimum atomic E-state index is -0.299. The minimum Gasteiger partial charge on any atom is -0.347 e. The maximum atomic E-state index is 13.0. The smallest absolute Gasteiger partial charge is 0.271 e. The van der Waals surface area contributed by atoms with Crippen LogP contribution in [0.25, 0.3) is 0 Å². The van der Waals surface area contributed by atoms with Gasteiger partial charge in [-0.1, -0.05) is 24.3 Å². The molecule has 2 amide bonds. The lowest BCUT2D eigenvalue weighted by Gasteiger charge is -2.31. The van der Waals surface area contributed by atoms with Crippen LogP contribution in [-0.2, 0) is 17.8 Å². The predicted molar refractivity (Wildman–Crippen MR) is 130 cm³/mol. The third-order valence-corrected chi connectivity index (χ3v) is 7.58. The molecule has 1 aromatic heterocycles. The van der Waals surface area contributed by atoms with E-state index in [1.165, 1.54) is 28.4 Å². The molecule has 0 saturated carbocycles. The van der Waals surface area contributed by atoms with Crippen LogP contribution < -0.4 is 5.32 Å². The maximum Gasteiger partial charge on any atom is 0.271 e. The first-order valence-corrected chi connectivity index (χ1v) is 13.0. The molecule has 3 aromatic rings. The molecule has 8 heteroatoms. The summed E-state index contributed by atoms with van der Waals surface area (Å²) in [5.41, 5.74) is 2.28. The number of carbonyl (C=O) groups is 2. The van der Waals surface area contributed by atoms with Gasteiger partial charge in [0.05, 0.1) is 11.4 Å². The van der Waals surface area contributed by atoms with E-state index >= 15 is 0 Å². The van der Waals surface area contributed by atoms with Gasteiger partial charge in [0.25, 0.3) is 5.91 Å². The summed E-state index contributed by atoms with van der Waals surface area (Å²) in [6, 6.07) is 14.2. The van der Waals surface area contributed by atoms with Gasteiger partial charge in [-0.25, -0.2) is 9.37 Å². The van der Waals surface area contributed by atoms with Gasteiger partial charge in [0.2, 0.25) is 5.91 Å². The van der Waals surface area contributed by atoms with Gasteiger partial charge in [-0.3, -0.25) is 9.59 Å². The second kappa shape index (κ2) is 10.9. The number of likely N-dealkylation sites (tertiary alicyclic amines) is 1. The van der Waals surface area contributed by atoms with E-state index in [2.05, 4.69) is 22.4 Å². The summed E-state index contributed by atoms with van der Waals surface area (Å²) in [6.45, 7) is 1.74. The first-order chi connectivity index (χ1) is 16.0. The molecule has 4 rings (SSSR count). The molecule has 1 N–H and O–H groups in total. The Morgan fingerprint density at radius 1 is 1.09 bits per heavy atom. The number of piperidine rings is 1. The van der Waals surface area contributed by atoms with Gasteiger partial charge in [-0.15, -0.1) is 23.1 Å². The summed E-state index contributed by atoms with van der Waals surface area (Å²) in [4.78, 5) is 32.8. The fourth-order valence-corrected chi connectivity index (χ4v) is 5.24. The van der Waals surface area contributed by atoms with Crippen LogP contribution in [0.3, 0.4) is 0 Å². The molecule has 1 saturated heterocycles. The molecule has 0 radical (unpaired) electrons. The number of aromatic nitrogens is 1. The normalized spacial score (nSPS) is 14.3. The van der Waals surface area contributed by atoms with Crippen LogP contribution in [-0.4, -0.2) is 41.0 Å². The van der Waals surface area contributed by atoms with Crippen molar-refractivity contribution >= 4 is 34.9 Å². The Kier molecular flexibility index (Phi) is 7.77. The second-order valence-electron chi connectivity index (χ2n) is 8.06. The highest BCUT2D eigenvalue weighted by molar-refractivity contribution is 7.98. The number of benzene rings is 2. The van der Waals surface area contributed by atoms with Crippen molar-refractivity contribution in [2.24, 2.45) is 0 Å². The minimum absolute atomic E-state index is 0.158. The third kappa shape index (κ3) is 6.21. The van der Waals surface area contributed by atoms with Gasteiger partial charge >= 0.3 is 0 Å².